The van der Waals surface area contributed by atoms with E-state index >= 15 is 0 Å². The van der Waals surface area contributed by atoms with E-state index in [2.05, 4.69) is 23.3 Å². The lowest BCUT2D eigenvalue weighted by atomic mass is 9.87. The van der Waals surface area contributed by atoms with E-state index in [9.17, 15) is 0 Å². The van der Waals surface area contributed by atoms with Crippen molar-refractivity contribution in [3.8, 4) is 6.07 Å². The Morgan fingerprint density at radius 1 is 1.44 bits per heavy atom. The lowest BCUT2D eigenvalue weighted by Crippen LogP contribution is -2.49. The van der Waals surface area contributed by atoms with Gasteiger partial charge in [0.15, 0.2) is 0 Å². The van der Waals surface area contributed by atoms with E-state index in [-0.39, 0.29) is 5.41 Å². The van der Waals surface area contributed by atoms with Gasteiger partial charge in [0.1, 0.15) is 5.41 Å². The minimum atomic E-state index is -0.231. The lowest BCUT2D eigenvalue weighted by molar-refractivity contribution is -0.0757. The van der Waals surface area contributed by atoms with Crippen molar-refractivity contribution in [2.45, 2.75) is 12.8 Å². The van der Waals surface area contributed by atoms with Crippen LogP contribution in [-0.4, -0.2) is 51.3 Å². The maximum Gasteiger partial charge on any atom is 0.116 e. The zero-order valence-electron chi connectivity index (χ0n) is 10.0. The monoisotopic (exact) mass is 223 g/mol. The van der Waals surface area contributed by atoms with Crippen LogP contribution in [0.15, 0.2) is 0 Å². The fourth-order valence-electron chi connectivity index (χ4n) is 2.34. The van der Waals surface area contributed by atoms with Gasteiger partial charge in [-0.3, -0.25) is 0 Å². The summed E-state index contributed by atoms with van der Waals surface area (Å²) >= 11 is 0. The molecule has 4 nitrogen and oxygen atoms in total. The first-order valence-electron chi connectivity index (χ1n) is 6.12. The second-order valence-corrected chi connectivity index (χ2v) is 5.26. The maximum atomic E-state index is 9.03. The third-order valence-electron chi connectivity index (χ3n) is 3.73. The average Bonchev–Trinajstić information content (AvgIpc) is 2.25. The van der Waals surface area contributed by atoms with Gasteiger partial charge in [-0.05, 0) is 45.4 Å². The topological polar surface area (TPSA) is 48.3 Å². The van der Waals surface area contributed by atoms with Gasteiger partial charge >= 0.3 is 0 Å². The summed E-state index contributed by atoms with van der Waals surface area (Å²) in [4.78, 5) is 2.38. The van der Waals surface area contributed by atoms with Gasteiger partial charge in [0.2, 0.25) is 0 Å². The van der Waals surface area contributed by atoms with E-state index in [1.807, 2.05) is 0 Å². The second-order valence-electron chi connectivity index (χ2n) is 5.26. The van der Waals surface area contributed by atoms with Crippen LogP contribution in [0.3, 0.4) is 0 Å². The highest BCUT2D eigenvalue weighted by molar-refractivity contribution is 5.05. The molecule has 0 unspecified atom stereocenters. The zero-order chi connectivity index (χ0) is 11.4. The predicted molar refractivity (Wildman–Crippen MR) is 62.0 cm³/mol. The minimum Gasteiger partial charge on any atom is -0.378 e. The van der Waals surface area contributed by atoms with Gasteiger partial charge in [-0.25, -0.2) is 0 Å². The van der Waals surface area contributed by atoms with E-state index in [0.717, 1.165) is 19.0 Å². The number of nitrogens with zero attached hydrogens (tertiary/aromatic N) is 2. The molecule has 0 aromatic heterocycles. The van der Waals surface area contributed by atoms with Crippen LogP contribution >= 0.6 is 0 Å². The Bertz CT molecular complexity index is 262. The standard InChI is InChI=1S/C12H21N3O/c1-15-4-2-11(3-5-15)6-14-8-12(7-13)9-16-10-12/h11,14H,2-6,8-10H2,1H3. The van der Waals surface area contributed by atoms with Crippen LogP contribution in [0, 0.1) is 22.7 Å². The number of rotatable bonds is 4. The summed E-state index contributed by atoms with van der Waals surface area (Å²) in [6, 6.07) is 2.36. The van der Waals surface area contributed by atoms with E-state index in [1.54, 1.807) is 0 Å². The molecule has 0 atom stereocenters. The number of hydrogen-bond acceptors (Lipinski definition) is 4. The van der Waals surface area contributed by atoms with Crippen molar-refractivity contribution in [3.63, 3.8) is 0 Å². The summed E-state index contributed by atoms with van der Waals surface area (Å²) in [6.07, 6.45) is 2.55. The van der Waals surface area contributed by atoms with Crippen molar-refractivity contribution in [2.24, 2.45) is 11.3 Å². The fourth-order valence-corrected chi connectivity index (χ4v) is 2.34. The Kier molecular flexibility index (Phi) is 3.80. The summed E-state index contributed by atoms with van der Waals surface area (Å²) in [5.74, 6) is 0.785. The predicted octanol–water partition coefficient (Wildman–Crippen LogP) is 0.458. The zero-order valence-corrected chi connectivity index (χ0v) is 10.0. The molecule has 2 rings (SSSR count). The van der Waals surface area contributed by atoms with Gasteiger partial charge in [-0.1, -0.05) is 0 Å². The Balaban J connectivity index is 1.63. The van der Waals surface area contributed by atoms with Crippen molar-refractivity contribution >= 4 is 0 Å². The molecule has 1 N–H and O–H groups in total. The van der Waals surface area contributed by atoms with Crippen molar-refractivity contribution in [1.82, 2.24) is 10.2 Å². The number of piperidine rings is 1. The molecule has 0 saturated carbocycles. The first-order chi connectivity index (χ1) is 7.74. The number of ether oxygens (including phenoxy) is 1. The molecule has 0 bridgehead atoms. The molecule has 2 heterocycles. The maximum absolute atomic E-state index is 9.03. The molecule has 2 saturated heterocycles. The molecular weight excluding hydrogens is 202 g/mol. The Morgan fingerprint density at radius 2 is 2.12 bits per heavy atom. The molecule has 0 amide bonds. The number of likely N-dealkylation sites (tertiary alicyclic amines) is 1. The molecule has 4 heteroatoms. The summed E-state index contributed by atoms with van der Waals surface area (Å²) in [5, 5.41) is 12.5. The van der Waals surface area contributed by atoms with Crippen molar-refractivity contribution in [2.75, 3.05) is 46.4 Å². The fraction of sp³-hybridized carbons (Fsp3) is 0.917. The summed E-state index contributed by atoms with van der Waals surface area (Å²) < 4.78 is 5.12. The van der Waals surface area contributed by atoms with Gasteiger partial charge in [-0.15, -0.1) is 0 Å². The molecule has 2 aliphatic rings. The number of hydrogen-bond donors (Lipinski definition) is 1. The van der Waals surface area contributed by atoms with E-state index < -0.39 is 0 Å². The lowest BCUT2D eigenvalue weighted by Gasteiger charge is -2.36. The van der Waals surface area contributed by atoms with Crippen LogP contribution in [-0.2, 0) is 4.74 Å². The van der Waals surface area contributed by atoms with Crippen LogP contribution in [0.4, 0.5) is 0 Å². The van der Waals surface area contributed by atoms with Gasteiger partial charge in [0, 0.05) is 6.54 Å². The highest BCUT2D eigenvalue weighted by Crippen LogP contribution is 2.25. The van der Waals surface area contributed by atoms with Crippen LogP contribution in [0.2, 0.25) is 0 Å². The normalized spacial score (nSPS) is 26.0. The van der Waals surface area contributed by atoms with Crippen LogP contribution < -0.4 is 5.32 Å². The minimum absolute atomic E-state index is 0.231. The Labute approximate surface area is 97.6 Å². The quantitative estimate of drug-likeness (QED) is 0.752. The Hall–Kier alpha value is -0.630. The van der Waals surface area contributed by atoms with Crippen molar-refractivity contribution in [1.29, 1.82) is 5.26 Å². The van der Waals surface area contributed by atoms with Crippen LogP contribution in [0.5, 0.6) is 0 Å². The summed E-state index contributed by atoms with van der Waals surface area (Å²) in [6.45, 7) is 5.46. The van der Waals surface area contributed by atoms with Crippen LogP contribution in [0.1, 0.15) is 12.8 Å². The smallest absolute Gasteiger partial charge is 0.116 e. The third kappa shape index (κ3) is 2.73. The van der Waals surface area contributed by atoms with Gasteiger partial charge in [0.05, 0.1) is 19.3 Å². The summed E-state index contributed by atoms with van der Waals surface area (Å²) in [7, 11) is 2.18. The second kappa shape index (κ2) is 5.13. The molecule has 90 valence electrons. The van der Waals surface area contributed by atoms with E-state index in [1.165, 1.54) is 25.9 Å². The van der Waals surface area contributed by atoms with Gasteiger partial charge in [-0.2, -0.15) is 5.26 Å². The van der Waals surface area contributed by atoms with Crippen molar-refractivity contribution in [3.05, 3.63) is 0 Å². The summed E-state index contributed by atoms with van der Waals surface area (Å²) in [5.41, 5.74) is -0.231. The van der Waals surface area contributed by atoms with Gasteiger partial charge < -0.3 is 15.0 Å². The number of nitrogens with one attached hydrogen (secondary N) is 1. The highest BCUT2D eigenvalue weighted by atomic mass is 16.5. The highest BCUT2D eigenvalue weighted by Gasteiger charge is 2.38. The first-order valence-corrected chi connectivity index (χ1v) is 6.12. The molecule has 0 radical (unpaired) electrons. The van der Waals surface area contributed by atoms with Gasteiger partial charge in [0.25, 0.3) is 0 Å². The van der Waals surface area contributed by atoms with Crippen LogP contribution in [0.25, 0.3) is 0 Å². The van der Waals surface area contributed by atoms with E-state index in [0.29, 0.717) is 13.2 Å². The van der Waals surface area contributed by atoms with E-state index in [4.69, 9.17) is 10.00 Å². The largest absolute Gasteiger partial charge is 0.378 e. The molecule has 0 aromatic rings. The molecule has 0 aromatic carbocycles. The average molecular weight is 223 g/mol. The molecule has 16 heavy (non-hydrogen) atoms. The number of nitriles is 1. The molecule has 2 fully saturated rings. The third-order valence-corrected chi connectivity index (χ3v) is 3.73. The molecule has 0 aliphatic carbocycles. The molecule has 2 aliphatic heterocycles. The Morgan fingerprint density at radius 3 is 2.62 bits per heavy atom. The first kappa shape index (κ1) is 11.8. The molecular formula is C12H21N3O. The molecule has 0 spiro atoms. The van der Waals surface area contributed by atoms with Crippen molar-refractivity contribution < 1.29 is 4.74 Å². The SMILES string of the molecule is CN1CCC(CNCC2(C#N)COC2)CC1.